The summed E-state index contributed by atoms with van der Waals surface area (Å²) in [5.41, 5.74) is -0.165. The van der Waals surface area contributed by atoms with Crippen molar-refractivity contribution in [3.63, 3.8) is 0 Å². The van der Waals surface area contributed by atoms with E-state index < -0.39 is 0 Å². The van der Waals surface area contributed by atoms with Crippen molar-refractivity contribution in [1.82, 2.24) is 15.5 Å². The van der Waals surface area contributed by atoms with E-state index in [1.54, 1.807) is 11.8 Å². The fraction of sp³-hybridized carbons (Fsp3) is 0.467. The van der Waals surface area contributed by atoms with Gasteiger partial charge in [0.25, 0.3) is 0 Å². The number of benzene rings is 1. The van der Waals surface area contributed by atoms with E-state index in [1.165, 1.54) is 17.7 Å². The van der Waals surface area contributed by atoms with Crippen molar-refractivity contribution in [3.8, 4) is 0 Å². The van der Waals surface area contributed by atoms with Gasteiger partial charge in [-0.2, -0.15) is 4.98 Å². The molecular formula is C15H18BrN3OS. The second kappa shape index (κ2) is 6.50. The number of hydrogen-bond acceptors (Lipinski definition) is 5. The minimum atomic E-state index is -0.165. The van der Waals surface area contributed by atoms with Gasteiger partial charge in [-0.3, -0.25) is 0 Å². The molecular weight excluding hydrogens is 350 g/mol. The fourth-order valence-electron chi connectivity index (χ4n) is 2.48. The number of thioether (sulfide) groups is 1. The van der Waals surface area contributed by atoms with E-state index in [1.807, 2.05) is 18.2 Å². The van der Waals surface area contributed by atoms with E-state index >= 15 is 0 Å². The van der Waals surface area contributed by atoms with Crippen LogP contribution in [0.25, 0.3) is 0 Å². The Labute approximate surface area is 137 Å². The van der Waals surface area contributed by atoms with E-state index in [9.17, 15) is 0 Å². The Morgan fingerprint density at radius 3 is 3.00 bits per heavy atom. The van der Waals surface area contributed by atoms with Crippen molar-refractivity contribution < 1.29 is 4.52 Å². The van der Waals surface area contributed by atoms with Crippen LogP contribution in [-0.2, 0) is 11.3 Å². The molecule has 21 heavy (non-hydrogen) atoms. The normalized spacial score (nSPS) is 22.4. The van der Waals surface area contributed by atoms with Crippen molar-refractivity contribution >= 4 is 27.7 Å². The quantitative estimate of drug-likeness (QED) is 0.823. The first-order valence-corrected chi connectivity index (χ1v) is 8.91. The molecule has 112 valence electrons. The van der Waals surface area contributed by atoms with Crippen LogP contribution in [0.5, 0.6) is 0 Å². The first kappa shape index (κ1) is 15.1. The summed E-state index contributed by atoms with van der Waals surface area (Å²) in [6.07, 6.45) is 3.47. The van der Waals surface area contributed by atoms with Gasteiger partial charge in [0.05, 0.1) is 11.3 Å². The molecule has 0 spiro atoms. The second-order valence-electron chi connectivity index (χ2n) is 5.45. The molecule has 0 aliphatic carbocycles. The van der Waals surface area contributed by atoms with Gasteiger partial charge in [-0.1, -0.05) is 17.3 Å². The number of hydrogen-bond donors (Lipinski definition) is 1. The maximum absolute atomic E-state index is 5.48. The Kier molecular flexibility index (Phi) is 4.66. The Hall–Kier alpha value is -0.850. The van der Waals surface area contributed by atoms with E-state index in [2.05, 4.69) is 44.4 Å². The molecule has 0 bridgehead atoms. The highest BCUT2D eigenvalue weighted by Gasteiger charge is 2.34. The van der Waals surface area contributed by atoms with Gasteiger partial charge < -0.3 is 9.84 Å². The molecule has 0 saturated carbocycles. The summed E-state index contributed by atoms with van der Waals surface area (Å²) in [5, 5.41) is 7.62. The topological polar surface area (TPSA) is 51.0 Å². The molecule has 6 heteroatoms. The lowest BCUT2D eigenvalue weighted by Crippen LogP contribution is -2.43. The Balaban J connectivity index is 1.67. The van der Waals surface area contributed by atoms with Crippen LogP contribution in [0.3, 0.4) is 0 Å². The summed E-state index contributed by atoms with van der Waals surface area (Å²) in [6.45, 7) is 3.16. The molecule has 2 heterocycles. The smallest absolute Gasteiger partial charge is 0.246 e. The van der Waals surface area contributed by atoms with E-state index in [0.29, 0.717) is 11.6 Å². The van der Waals surface area contributed by atoms with Crippen LogP contribution < -0.4 is 5.32 Å². The lowest BCUT2D eigenvalue weighted by molar-refractivity contribution is 0.206. The van der Waals surface area contributed by atoms with Crippen molar-refractivity contribution in [2.24, 2.45) is 0 Å². The van der Waals surface area contributed by atoms with Gasteiger partial charge in [-0.25, -0.2) is 0 Å². The zero-order chi connectivity index (χ0) is 14.7. The number of nitrogens with one attached hydrogen (secondary N) is 1. The third-order valence-corrected chi connectivity index (χ3v) is 5.78. The third kappa shape index (κ3) is 3.49. The second-order valence-corrected chi connectivity index (χ2v) is 7.32. The molecule has 1 fully saturated rings. The fourth-order valence-corrected chi connectivity index (χ4v) is 3.89. The van der Waals surface area contributed by atoms with Gasteiger partial charge in [-0.15, -0.1) is 11.8 Å². The molecule has 1 aromatic carbocycles. The zero-order valence-electron chi connectivity index (χ0n) is 11.9. The molecule has 2 aromatic rings. The molecule has 1 aromatic heterocycles. The Morgan fingerprint density at radius 2 is 2.24 bits per heavy atom. The van der Waals surface area contributed by atoms with Crippen molar-refractivity contribution in [3.05, 3.63) is 40.5 Å². The van der Waals surface area contributed by atoms with Gasteiger partial charge >= 0.3 is 0 Å². The predicted octanol–water partition coefficient (Wildman–Crippen LogP) is 4.11. The molecule has 1 aliphatic rings. The molecule has 1 unspecified atom stereocenters. The highest BCUT2D eigenvalue weighted by atomic mass is 79.9. The highest BCUT2D eigenvalue weighted by Crippen LogP contribution is 2.31. The first-order valence-electron chi connectivity index (χ1n) is 7.13. The van der Waals surface area contributed by atoms with Crippen LogP contribution in [0.1, 0.15) is 37.9 Å². The average Bonchev–Trinajstić information content (AvgIpc) is 2.97. The highest BCUT2D eigenvalue weighted by molar-refractivity contribution is 9.10. The molecule has 4 nitrogen and oxygen atoms in total. The summed E-state index contributed by atoms with van der Waals surface area (Å²) in [6, 6.07) is 8.16. The minimum absolute atomic E-state index is 0.165. The van der Waals surface area contributed by atoms with Crippen molar-refractivity contribution in [2.45, 2.75) is 42.4 Å². The summed E-state index contributed by atoms with van der Waals surface area (Å²) in [7, 11) is 0. The van der Waals surface area contributed by atoms with Crippen LogP contribution in [-0.4, -0.2) is 16.7 Å². The van der Waals surface area contributed by atoms with Crippen LogP contribution in [0.15, 0.2) is 38.2 Å². The number of piperidine rings is 1. The van der Waals surface area contributed by atoms with Gasteiger partial charge in [0.2, 0.25) is 5.89 Å². The summed E-state index contributed by atoms with van der Waals surface area (Å²) < 4.78 is 6.57. The molecule has 1 atom stereocenters. The predicted molar refractivity (Wildman–Crippen MR) is 87.2 cm³/mol. The lowest BCUT2D eigenvalue weighted by atomic mass is 9.91. The van der Waals surface area contributed by atoms with Crippen LogP contribution >= 0.6 is 27.7 Å². The minimum Gasteiger partial charge on any atom is -0.337 e. The summed E-state index contributed by atoms with van der Waals surface area (Å²) in [5.74, 6) is 2.17. The SMILES string of the molecule is CC1(c2nc(CSc3ccccc3Br)no2)CCCCN1. The largest absolute Gasteiger partial charge is 0.337 e. The molecule has 1 N–H and O–H groups in total. The number of halogens is 1. The number of nitrogens with zero attached hydrogens (tertiary/aromatic N) is 2. The van der Waals surface area contributed by atoms with Gasteiger partial charge in [-0.05, 0) is 60.8 Å². The molecule has 1 saturated heterocycles. The summed E-state index contributed by atoms with van der Waals surface area (Å²) in [4.78, 5) is 5.76. The summed E-state index contributed by atoms with van der Waals surface area (Å²) >= 11 is 5.26. The average molecular weight is 368 g/mol. The van der Waals surface area contributed by atoms with Gasteiger partial charge in [0.1, 0.15) is 0 Å². The third-order valence-electron chi connectivity index (χ3n) is 3.75. The van der Waals surface area contributed by atoms with E-state index in [0.717, 1.165) is 23.3 Å². The Morgan fingerprint density at radius 1 is 1.38 bits per heavy atom. The lowest BCUT2D eigenvalue weighted by Gasteiger charge is -2.31. The van der Waals surface area contributed by atoms with Crippen molar-refractivity contribution in [1.29, 1.82) is 0 Å². The van der Waals surface area contributed by atoms with Gasteiger partial charge in [0, 0.05) is 9.37 Å². The van der Waals surface area contributed by atoms with Gasteiger partial charge in [0.15, 0.2) is 5.82 Å². The number of aromatic nitrogens is 2. The van der Waals surface area contributed by atoms with E-state index in [-0.39, 0.29) is 5.54 Å². The van der Waals surface area contributed by atoms with Crippen LogP contribution in [0, 0.1) is 0 Å². The molecule has 1 aliphatic heterocycles. The molecule has 0 amide bonds. The van der Waals surface area contributed by atoms with Crippen LogP contribution in [0.2, 0.25) is 0 Å². The monoisotopic (exact) mass is 367 g/mol. The maximum atomic E-state index is 5.48. The standard InChI is InChI=1S/C15H18BrN3OS/c1-15(8-4-5-9-17-15)14-18-13(19-20-14)10-21-12-7-3-2-6-11(12)16/h2-3,6-7,17H,4-5,8-10H2,1H3. The van der Waals surface area contributed by atoms with Crippen molar-refractivity contribution in [2.75, 3.05) is 6.54 Å². The first-order chi connectivity index (χ1) is 10.2. The number of rotatable bonds is 4. The van der Waals surface area contributed by atoms with Crippen LogP contribution in [0.4, 0.5) is 0 Å². The molecule has 3 rings (SSSR count). The zero-order valence-corrected chi connectivity index (χ0v) is 14.3. The van der Waals surface area contributed by atoms with E-state index in [4.69, 9.17) is 4.52 Å². The molecule has 0 radical (unpaired) electrons. The Bertz CT molecular complexity index is 610. The maximum Gasteiger partial charge on any atom is 0.246 e.